The van der Waals surface area contributed by atoms with Crippen molar-refractivity contribution in [2.24, 2.45) is 0 Å². The molecule has 1 aromatic heterocycles. The quantitative estimate of drug-likeness (QED) is 0.396. The van der Waals surface area contributed by atoms with Gasteiger partial charge in [0.2, 0.25) is 0 Å². The number of hydrogen-bond acceptors (Lipinski definition) is 4. The maximum Gasteiger partial charge on any atom is 0.287 e. The van der Waals surface area contributed by atoms with Gasteiger partial charge in [0.25, 0.3) is 5.69 Å². The van der Waals surface area contributed by atoms with Gasteiger partial charge in [-0.15, -0.1) is 11.8 Å². The number of benzene rings is 1. The van der Waals surface area contributed by atoms with Gasteiger partial charge in [-0.25, -0.2) is 0 Å². The molecule has 0 aliphatic heterocycles. The number of Topliss-reactive ketones (excluding diaryl/α,β-unsaturated/α-hetero) is 1. The Hall–Kier alpha value is -1.79. The lowest BCUT2D eigenvalue weighted by Gasteiger charge is -2.00. The standard InChI is InChI=1S/C12H9ClN2O3S/c13-8-1-3-10(4-2-8)19-7-12(16)11-5-9(6-14-11)15(17)18/h1-6,14H,7H2. The second kappa shape index (κ2) is 5.90. The van der Waals surface area contributed by atoms with E-state index < -0.39 is 4.92 Å². The van der Waals surface area contributed by atoms with Gasteiger partial charge in [0, 0.05) is 16.0 Å². The molecule has 0 spiro atoms. The fraction of sp³-hybridized carbons (Fsp3) is 0.0833. The number of aromatic amines is 1. The molecule has 0 saturated carbocycles. The number of carbonyl (C=O) groups excluding carboxylic acids is 1. The molecule has 1 aromatic carbocycles. The number of nitrogens with zero attached hydrogens (tertiary/aromatic N) is 1. The van der Waals surface area contributed by atoms with E-state index in [1.165, 1.54) is 24.0 Å². The molecule has 0 saturated heterocycles. The Morgan fingerprint density at radius 3 is 2.63 bits per heavy atom. The predicted octanol–water partition coefficient (Wildman–Crippen LogP) is 3.55. The number of hydrogen-bond donors (Lipinski definition) is 1. The fourth-order valence-electron chi connectivity index (χ4n) is 1.41. The molecule has 19 heavy (non-hydrogen) atoms. The van der Waals surface area contributed by atoms with Crippen molar-refractivity contribution in [3.8, 4) is 0 Å². The first kappa shape index (κ1) is 13.6. The van der Waals surface area contributed by atoms with Crippen LogP contribution < -0.4 is 0 Å². The Morgan fingerprint density at radius 1 is 1.37 bits per heavy atom. The number of rotatable bonds is 5. The second-order valence-corrected chi connectivity index (χ2v) is 5.18. The molecule has 0 radical (unpaired) electrons. The lowest BCUT2D eigenvalue weighted by molar-refractivity contribution is -0.384. The highest BCUT2D eigenvalue weighted by molar-refractivity contribution is 8.00. The number of H-pyrrole nitrogens is 1. The second-order valence-electron chi connectivity index (χ2n) is 3.69. The molecule has 2 rings (SSSR count). The van der Waals surface area contributed by atoms with Crippen molar-refractivity contribution in [1.29, 1.82) is 0 Å². The van der Waals surface area contributed by atoms with E-state index in [4.69, 9.17) is 11.6 Å². The van der Waals surface area contributed by atoms with Gasteiger partial charge in [0.05, 0.1) is 22.6 Å². The topological polar surface area (TPSA) is 76.0 Å². The molecule has 0 bridgehead atoms. The van der Waals surface area contributed by atoms with Gasteiger partial charge < -0.3 is 4.98 Å². The predicted molar refractivity (Wildman–Crippen MR) is 74.0 cm³/mol. The minimum Gasteiger partial charge on any atom is -0.353 e. The number of nitrogens with one attached hydrogen (secondary N) is 1. The summed E-state index contributed by atoms with van der Waals surface area (Å²) in [5.74, 6) is 0.0206. The molecule has 7 heteroatoms. The molecule has 1 heterocycles. The highest BCUT2D eigenvalue weighted by Gasteiger charge is 2.14. The van der Waals surface area contributed by atoms with Crippen molar-refractivity contribution >= 4 is 34.8 Å². The van der Waals surface area contributed by atoms with Crippen molar-refractivity contribution in [1.82, 2.24) is 4.98 Å². The highest BCUT2D eigenvalue weighted by Crippen LogP contribution is 2.22. The molecular formula is C12H9ClN2O3S. The van der Waals surface area contributed by atoms with Gasteiger partial charge in [0.1, 0.15) is 0 Å². The van der Waals surface area contributed by atoms with Crippen LogP contribution in [0, 0.1) is 10.1 Å². The smallest absolute Gasteiger partial charge is 0.287 e. The Kier molecular flexibility index (Phi) is 4.24. The van der Waals surface area contributed by atoms with Gasteiger partial charge in [-0.2, -0.15) is 0 Å². The number of nitro groups is 1. The van der Waals surface area contributed by atoms with E-state index in [-0.39, 0.29) is 22.9 Å². The first-order valence-electron chi connectivity index (χ1n) is 5.30. The monoisotopic (exact) mass is 296 g/mol. The SMILES string of the molecule is O=C(CSc1ccc(Cl)cc1)c1cc([N+](=O)[O-])c[nH]1. The number of carbonyl (C=O) groups is 1. The minimum absolute atomic E-state index is 0.111. The molecule has 0 fully saturated rings. The summed E-state index contributed by atoms with van der Waals surface area (Å²) in [7, 11) is 0. The normalized spacial score (nSPS) is 10.4. The lowest BCUT2D eigenvalue weighted by atomic mass is 10.3. The lowest BCUT2D eigenvalue weighted by Crippen LogP contribution is -2.02. The van der Waals surface area contributed by atoms with Crippen molar-refractivity contribution in [3.63, 3.8) is 0 Å². The third-order valence-corrected chi connectivity index (χ3v) is 3.63. The Balaban J connectivity index is 1.97. The van der Waals surface area contributed by atoms with Crippen molar-refractivity contribution in [2.45, 2.75) is 4.90 Å². The fourth-order valence-corrected chi connectivity index (χ4v) is 2.31. The Bertz CT molecular complexity index is 610. The van der Waals surface area contributed by atoms with Gasteiger partial charge in [-0.05, 0) is 24.3 Å². The summed E-state index contributed by atoms with van der Waals surface area (Å²) in [4.78, 5) is 25.3. The summed E-state index contributed by atoms with van der Waals surface area (Å²) >= 11 is 7.11. The van der Waals surface area contributed by atoms with E-state index in [2.05, 4.69) is 4.98 Å². The minimum atomic E-state index is -0.542. The zero-order valence-electron chi connectivity index (χ0n) is 9.63. The zero-order valence-corrected chi connectivity index (χ0v) is 11.2. The maximum atomic E-state index is 11.8. The van der Waals surface area contributed by atoms with Crippen LogP contribution in [0.15, 0.2) is 41.4 Å². The van der Waals surface area contributed by atoms with E-state index in [1.807, 2.05) is 12.1 Å². The van der Waals surface area contributed by atoms with Crippen LogP contribution in [0.1, 0.15) is 10.5 Å². The van der Waals surface area contributed by atoms with Crippen LogP contribution in [-0.4, -0.2) is 21.4 Å². The first-order chi connectivity index (χ1) is 9.06. The highest BCUT2D eigenvalue weighted by atomic mass is 35.5. The molecule has 0 aliphatic rings. The summed E-state index contributed by atoms with van der Waals surface area (Å²) in [6, 6.07) is 8.36. The molecule has 2 aromatic rings. The average molecular weight is 297 g/mol. The van der Waals surface area contributed by atoms with Crippen molar-refractivity contribution in [2.75, 3.05) is 5.75 Å². The number of ketones is 1. The van der Waals surface area contributed by atoms with Gasteiger partial charge in [-0.3, -0.25) is 14.9 Å². The Labute approximate surface area is 118 Å². The largest absolute Gasteiger partial charge is 0.353 e. The summed E-state index contributed by atoms with van der Waals surface area (Å²) in [6.07, 6.45) is 1.21. The summed E-state index contributed by atoms with van der Waals surface area (Å²) in [6.45, 7) is 0. The number of aromatic nitrogens is 1. The van der Waals surface area contributed by atoms with Crippen LogP contribution in [0.25, 0.3) is 0 Å². The molecule has 5 nitrogen and oxygen atoms in total. The third kappa shape index (κ3) is 3.59. The summed E-state index contributed by atoms with van der Waals surface area (Å²) in [5.41, 5.74) is 0.132. The summed E-state index contributed by atoms with van der Waals surface area (Å²) < 4.78 is 0. The molecule has 1 N–H and O–H groups in total. The van der Waals surface area contributed by atoms with Crippen molar-refractivity contribution in [3.05, 3.63) is 57.4 Å². The first-order valence-corrected chi connectivity index (χ1v) is 6.67. The van der Waals surface area contributed by atoms with E-state index >= 15 is 0 Å². The molecule has 0 amide bonds. The van der Waals surface area contributed by atoms with Crippen molar-refractivity contribution < 1.29 is 9.72 Å². The van der Waals surface area contributed by atoms with Crippen LogP contribution in [0.2, 0.25) is 5.02 Å². The van der Waals surface area contributed by atoms with E-state index in [0.717, 1.165) is 4.90 Å². The number of thioether (sulfide) groups is 1. The third-order valence-electron chi connectivity index (χ3n) is 2.36. The van der Waals surface area contributed by atoms with E-state index in [9.17, 15) is 14.9 Å². The zero-order chi connectivity index (χ0) is 13.8. The molecular weight excluding hydrogens is 288 g/mol. The van der Waals surface area contributed by atoms with Gasteiger partial charge in [0.15, 0.2) is 5.78 Å². The molecule has 98 valence electrons. The van der Waals surface area contributed by atoms with Crippen LogP contribution >= 0.6 is 23.4 Å². The van der Waals surface area contributed by atoms with Crippen LogP contribution in [0.5, 0.6) is 0 Å². The van der Waals surface area contributed by atoms with Crippen LogP contribution in [-0.2, 0) is 0 Å². The molecule has 0 atom stereocenters. The van der Waals surface area contributed by atoms with Crippen LogP contribution in [0.3, 0.4) is 0 Å². The molecule has 0 unspecified atom stereocenters. The Morgan fingerprint density at radius 2 is 2.05 bits per heavy atom. The molecule has 0 aliphatic carbocycles. The van der Waals surface area contributed by atoms with Gasteiger partial charge in [-0.1, -0.05) is 11.6 Å². The van der Waals surface area contributed by atoms with Gasteiger partial charge >= 0.3 is 0 Å². The van der Waals surface area contributed by atoms with E-state index in [1.54, 1.807) is 12.1 Å². The maximum absolute atomic E-state index is 11.8. The van der Waals surface area contributed by atoms with E-state index in [0.29, 0.717) is 5.02 Å². The van der Waals surface area contributed by atoms with Crippen LogP contribution in [0.4, 0.5) is 5.69 Å². The average Bonchev–Trinajstić information content (AvgIpc) is 2.87. The number of halogens is 1. The summed E-state index contributed by atoms with van der Waals surface area (Å²) in [5, 5.41) is 11.1.